The molecule has 10 heteroatoms. The molecule has 172 valence electrons. The van der Waals surface area contributed by atoms with Crippen LogP contribution in [0.25, 0.3) is 11.4 Å². The van der Waals surface area contributed by atoms with Crippen molar-refractivity contribution in [3.05, 3.63) is 53.8 Å². The Bertz CT molecular complexity index is 1130. The molecule has 33 heavy (non-hydrogen) atoms. The molecule has 1 amide bonds. The molecule has 0 spiro atoms. The summed E-state index contributed by atoms with van der Waals surface area (Å²) in [4.78, 5) is 12.5. The van der Waals surface area contributed by atoms with Gasteiger partial charge in [-0.1, -0.05) is 17.8 Å². The first kappa shape index (κ1) is 21.7. The van der Waals surface area contributed by atoms with Crippen LogP contribution in [0.2, 0.25) is 0 Å². The molecule has 1 aromatic heterocycles. The summed E-state index contributed by atoms with van der Waals surface area (Å²) in [6.45, 7) is 1.93. The van der Waals surface area contributed by atoms with Gasteiger partial charge in [-0.2, -0.15) is 0 Å². The maximum Gasteiger partial charge on any atom is 0.231 e. The number of aromatic nitrogens is 3. The molecular weight excluding hydrogens is 447 g/mol. The molecule has 1 atom stereocenters. The number of hydrogen-bond acceptors (Lipinski definition) is 7. The van der Waals surface area contributed by atoms with Crippen LogP contribution in [0.15, 0.2) is 47.6 Å². The van der Waals surface area contributed by atoms with Gasteiger partial charge in [-0.3, -0.25) is 9.36 Å². The van der Waals surface area contributed by atoms with Crippen LogP contribution < -0.4 is 14.8 Å². The summed E-state index contributed by atoms with van der Waals surface area (Å²) < 4.78 is 31.8. The summed E-state index contributed by atoms with van der Waals surface area (Å²) >= 11 is 1.32. The van der Waals surface area contributed by atoms with Gasteiger partial charge in [-0.15, -0.1) is 10.2 Å². The third kappa shape index (κ3) is 5.12. The van der Waals surface area contributed by atoms with Crippen LogP contribution in [0.3, 0.4) is 0 Å². The highest BCUT2D eigenvalue weighted by Crippen LogP contribution is 2.32. The molecule has 1 N–H and O–H groups in total. The Hall–Kier alpha value is -3.11. The summed E-state index contributed by atoms with van der Waals surface area (Å²) in [5.74, 6) is 1.80. The van der Waals surface area contributed by atoms with Crippen molar-refractivity contribution in [3.8, 4) is 22.9 Å². The van der Waals surface area contributed by atoms with Gasteiger partial charge >= 0.3 is 0 Å². The lowest BCUT2D eigenvalue weighted by Gasteiger charge is -2.14. The van der Waals surface area contributed by atoms with Crippen LogP contribution in [-0.4, -0.2) is 45.9 Å². The fraction of sp³-hybridized carbons (Fsp3) is 0.348. The summed E-state index contributed by atoms with van der Waals surface area (Å²) in [6.07, 6.45) is 2.05. The molecule has 2 aromatic carbocycles. The topological polar surface area (TPSA) is 87.5 Å². The van der Waals surface area contributed by atoms with Crippen molar-refractivity contribution in [2.75, 3.05) is 19.2 Å². The van der Waals surface area contributed by atoms with E-state index in [0.29, 0.717) is 35.6 Å². The Morgan fingerprint density at radius 2 is 2.00 bits per heavy atom. The van der Waals surface area contributed by atoms with E-state index < -0.39 is 0 Å². The number of carbonyl (C=O) groups excluding carboxylic acids is 1. The second-order valence-electron chi connectivity index (χ2n) is 7.81. The number of carbonyl (C=O) groups is 1. The van der Waals surface area contributed by atoms with Crippen molar-refractivity contribution in [2.45, 2.75) is 37.2 Å². The van der Waals surface area contributed by atoms with Gasteiger partial charge in [-0.25, -0.2) is 4.39 Å². The van der Waals surface area contributed by atoms with Gasteiger partial charge in [0.25, 0.3) is 0 Å². The third-order valence-electron chi connectivity index (χ3n) is 5.49. The lowest BCUT2D eigenvalue weighted by Crippen LogP contribution is -2.25. The minimum Gasteiger partial charge on any atom is -0.454 e. The maximum atomic E-state index is 13.4. The number of thioether (sulfide) groups is 1. The maximum absolute atomic E-state index is 13.4. The number of nitrogens with one attached hydrogen (secondary N) is 1. The lowest BCUT2D eigenvalue weighted by molar-refractivity contribution is -0.118. The number of rotatable bonds is 8. The third-order valence-corrected chi connectivity index (χ3v) is 6.46. The monoisotopic (exact) mass is 470 g/mol. The van der Waals surface area contributed by atoms with Crippen LogP contribution in [0.1, 0.15) is 18.4 Å². The highest BCUT2D eigenvalue weighted by molar-refractivity contribution is 7.99. The highest BCUT2D eigenvalue weighted by Gasteiger charge is 2.22. The first-order chi connectivity index (χ1) is 16.2. The molecule has 2 aliphatic rings. The molecule has 0 saturated carbocycles. The van der Waals surface area contributed by atoms with E-state index >= 15 is 0 Å². The second kappa shape index (κ2) is 9.80. The number of hydrogen-bond donors (Lipinski definition) is 1. The van der Waals surface area contributed by atoms with Gasteiger partial charge in [0.1, 0.15) is 5.82 Å². The van der Waals surface area contributed by atoms with E-state index in [4.69, 9.17) is 14.2 Å². The fourth-order valence-corrected chi connectivity index (χ4v) is 4.57. The van der Waals surface area contributed by atoms with Crippen molar-refractivity contribution in [1.29, 1.82) is 0 Å². The van der Waals surface area contributed by atoms with Gasteiger partial charge in [0, 0.05) is 18.7 Å². The molecule has 0 bridgehead atoms. The first-order valence-electron chi connectivity index (χ1n) is 10.7. The highest BCUT2D eigenvalue weighted by atomic mass is 32.2. The van der Waals surface area contributed by atoms with Gasteiger partial charge in [0.15, 0.2) is 22.5 Å². The quantitative estimate of drug-likeness (QED) is 0.505. The Kier molecular flexibility index (Phi) is 6.45. The van der Waals surface area contributed by atoms with Crippen molar-refractivity contribution in [1.82, 2.24) is 20.1 Å². The van der Waals surface area contributed by atoms with E-state index in [0.717, 1.165) is 30.6 Å². The van der Waals surface area contributed by atoms with Crippen LogP contribution >= 0.6 is 11.8 Å². The molecule has 8 nitrogen and oxygen atoms in total. The summed E-state index contributed by atoms with van der Waals surface area (Å²) in [7, 11) is 0. The van der Waals surface area contributed by atoms with Crippen LogP contribution in [-0.2, 0) is 22.6 Å². The predicted molar refractivity (Wildman–Crippen MR) is 120 cm³/mol. The molecule has 0 aliphatic carbocycles. The van der Waals surface area contributed by atoms with Crippen molar-refractivity contribution >= 4 is 17.7 Å². The average molecular weight is 471 g/mol. The van der Waals surface area contributed by atoms with Crippen molar-refractivity contribution in [2.24, 2.45) is 0 Å². The Balaban J connectivity index is 1.24. The SMILES string of the molecule is O=C(CSc1nnc(-c2ccc(F)cc2)n1C[C@H]1CCCO1)NCc1ccc2c(c1)OCO2. The molecule has 5 rings (SSSR count). The molecule has 3 aromatic rings. The minimum atomic E-state index is -0.308. The molecule has 2 aliphatic heterocycles. The van der Waals surface area contributed by atoms with E-state index in [9.17, 15) is 9.18 Å². The molecule has 1 fully saturated rings. The normalized spacial score (nSPS) is 16.8. The van der Waals surface area contributed by atoms with Crippen molar-refractivity contribution in [3.63, 3.8) is 0 Å². The number of nitrogens with zero attached hydrogens (tertiary/aromatic N) is 3. The molecular formula is C23H23FN4O4S. The number of benzene rings is 2. The summed E-state index contributed by atoms with van der Waals surface area (Å²) in [5, 5.41) is 12.2. The zero-order valence-electron chi connectivity index (χ0n) is 17.8. The van der Waals surface area contributed by atoms with Crippen LogP contribution in [0.5, 0.6) is 11.5 Å². The minimum absolute atomic E-state index is 0.0689. The standard InChI is InChI=1S/C23H23FN4O4S/c24-17-6-4-16(5-7-17)22-26-27-23(28(22)12-18-2-1-9-30-18)33-13-21(29)25-11-15-3-8-19-20(10-15)32-14-31-19/h3-8,10,18H,1-2,9,11-14H2,(H,25,29)/t18-/m1/s1. The predicted octanol–water partition coefficient (Wildman–Crippen LogP) is 3.40. The smallest absolute Gasteiger partial charge is 0.231 e. The van der Waals surface area contributed by atoms with E-state index in [-0.39, 0.29) is 30.4 Å². The van der Waals surface area contributed by atoms with Gasteiger partial charge in [0.2, 0.25) is 12.7 Å². The first-order valence-corrected chi connectivity index (χ1v) is 11.7. The molecule has 0 radical (unpaired) electrons. The summed E-state index contributed by atoms with van der Waals surface area (Å²) in [6, 6.07) is 11.8. The molecule has 3 heterocycles. The number of amides is 1. The van der Waals surface area contributed by atoms with Crippen molar-refractivity contribution < 1.29 is 23.4 Å². The zero-order valence-corrected chi connectivity index (χ0v) is 18.6. The van der Waals surface area contributed by atoms with E-state index in [1.54, 1.807) is 12.1 Å². The largest absolute Gasteiger partial charge is 0.454 e. The Labute approximate surface area is 194 Å². The van der Waals surface area contributed by atoms with Gasteiger partial charge < -0.3 is 19.5 Å². The molecule has 1 saturated heterocycles. The van der Waals surface area contributed by atoms with Crippen LogP contribution in [0, 0.1) is 5.82 Å². The van der Waals surface area contributed by atoms with Gasteiger partial charge in [-0.05, 0) is 54.8 Å². The van der Waals surface area contributed by atoms with E-state index in [2.05, 4.69) is 15.5 Å². The van der Waals surface area contributed by atoms with Gasteiger partial charge in [0.05, 0.1) is 18.4 Å². The second-order valence-corrected chi connectivity index (χ2v) is 8.75. The van der Waals surface area contributed by atoms with E-state index in [1.807, 2.05) is 22.8 Å². The number of halogens is 1. The molecule has 0 unspecified atom stereocenters. The van der Waals surface area contributed by atoms with Crippen LogP contribution in [0.4, 0.5) is 4.39 Å². The Morgan fingerprint density at radius 1 is 1.15 bits per heavy atom. The fourth-order valence-electron chi connectivity index (χ4n) is 3.80. The Morgan fingerprint density at radius 3 is 2.82 bits per heavy atom. The summed E-state index contributed by atoms with van der Waals surface area (Å²) in [5.41, 5.74) is 1.69. The zero-order chi connectivity index (χ0) is 22.6. The average Bonchev–Trinajstić information content (AvgIpc) is 3.58. The number of ether oxygens (including phenoxy) is 3. The number of fused-ring (bicyclic) bond motifs is 1. The lowest BCUT2D eigenvalue weighted by atomic mass is 10.2. The van der Waals surface area contributed by atoms with E-state index in [1.165, 1.54) is 23.9 Å².